The molecule has 0 aliphatic carbocycles. The van der Waals surface area contributed by atoms with Crippen LogP contribution in [0.15, 0.2) is 24.3 Å². The molecule has 172 valence electrons. The molecule has 0 N–H and O–H groups in total. The van der Waals surface area contributed by atoms with Gasteiger partial charge in [0.25, 0.3) is 0 Å². The smallest absolute Gasteiger partial charge is 0.249 e. The van der Waals surface area contributed by atoms with Gasteiger partial charge in [-0.15, -0.1) is 10.2 Å². The molecule has 2 aromatic rings. The van der Waals surface area contributed by atoms with Crippen LogP contribution >= 0.6 is 0 Å². The largest absolute Gasteiger partial charge is 0.497 e. The summed E-state index contributed by atoms with van der Waals surface area (Å²) in [5, 5.41) is 8.89. The highest BCUT2D eigenvalue weighted by Gasteiger charge is 2.33. The first kappa shape index (κ1) is 22.3. The van der Waals surface area contributed by atoms with Crippen molar-refractivity contribution in [2.45, 2.75) is 44.7 Å². The number of amides is 2. The zero-order valence-electron chi connectivity index (χ0n) is 18.8. The lowest BCUT2D eigenvalue weighted by atomic mass is 10.0. The van der Waals surface area contributed by atoms with Gasteiger partial charge in [-0.3, -0.25) is 9.59 Å². The van der Waals surface area contributed by atoms with Crippen molar-refractivity contribution in [3.63, 3.8) is 0 Å². The van der Waals surface area contributed by atoms with E-state index in [9.17, 15) is 9.59 Å². The normalized spacial score (nSPS) is 18.8. The van der Waals surface area contributed by atoms with Crippen LogP contribution in [0.4, 0.5) is 0 Å². The summed E-state index contributed by atoms with van der Waals surface area (Å²) in [6.45, 7) is 2.64. The number of benzene rings is 1. The lowest BCUT2D eigenvalue weighted by molar-refractivity contribution is -0.139. The molecule has 1 atom stereocenters. The minimum Gasteiger partial charge on any atom is -0.497 e. The third-order valence-corrected chi connectivity index (χ3v) is 6.31. The van der Waals surface area contributed by atoms with E-state index in [1.807, 2.05) is 34.1 Å². The van der Waals surface area contributed by atoms with E-state index in [4.69, 9.17) is 9.47 Å². The molecule has 2 amide bonds. The molecule has 0 spiro atoms. The maximum Gasteiger partial charge on any atom is 0.249 e. The van der Waals surface area contributed by atoms with Gasteiger partial charge in [-0.1, -0.05) is 12.1 Å². The summed E-state index contributed by atoms with van der Waals surface area (Å²) in [7, 11) is 3.17. The van der Waals surface area contributed by atoms with Crippen molar-refractivity contribution in [2.24, 2.45) is 0 Å². The van der Waals surface area contributed by atoms with Gasteiger partial charge in [0.15, 0.2) is 5.82 Å². The van der Waals surface area contributed by atoms with Crippen LogP contribution in [-0.2, 0) is 33.7 Å². The molecular weight excluding hydrogens is 410 g/mol. The maximum atomic E-state index is 12.9. The molecule has 32 heavy (non-hydrogen) atoms. The second-order valence-electron chi connectivity index (χ2n) is 8.31. The monoisotopic (exact) mass is 441 g/mol. The van der Waals surface area contributed by atoms with Crippen LogP contribution in [-0.4, -0.2) is 76.8 Å². The topological polar surface area (TPSA) is 89.8 Å². The van der Waals surface area contributed by atoms with Crippen LogP contribution in [0, 0.1) is 0 Å². The SMILES string of the molecule is COCC(=O)N1CCCCC1c1nnc2n1CCN(C(=O)Cc1ccc(OC)cc1)CC2. The fraction of sp³-hybridized carbons (Fsp3) is 0.565. The highest BCUT2D eigenvalue weighted by atomic mass is 16.5. The van der Waals surface area contributed by atoms with E-state index in [1.165, 1.54) is 7.11 Å². The maximum absolute atomic E-state index is 12.9. The Bertz CT molecular complexity index is 942. The Balaban J connectivity index is 1.44. The number of hydrogen-bond acceptors (Lipinski definition) is 6. The number of carbonyl (C=O) groups excluding carboxylic acids is 2. The molecule has 0 radical (unpaired) electrons. The average molecular weight is 442 g/mol. The molecule has 9 nitrogen and oxygen atoms in total. The Labute approximate surface area is 188 Å². The molecule has 3 heterocycles. The first-order chi connectivity index (χ1) is 15.6. The zero-order valence-corrected chi connectivity index (χ0v) is 18.8. The summed E-state index contributed by atoms with van der Waals surface area (Å²) in [4.78, 5) is 29.3. The summed E-state index contributed by atoms with van der Waals surface area (Å²) >= 11 is 0. The van der Waals surface area contributed by atoms with Crippen LogP contribution in [0.2, 0.25) is 0 Å². The molecule has 0 saturated carbocycles. The van der Waals surface area contributed by atoms with E-state index in [2.05, 4.69) is 14.8 Å². The minimum atomic E-state index is -0.0887. The van der Waals surface area contributed by atoms with E-state index in [1.54, 1.807) is 7.11 Å². The van der Waals surface area contributed by atoms with Gasteiger partial charge < -0.3 is 23.8 Å². The van der Waals surface area contributed by atoms with Gasteiger partial charge >= 0.3 is 0 Å². The van der Waals surface area contributed by atoms with Gasteiger partial charge in [-0.2, -0.15) is 0 Å². The van der Waals surface area contributed by atoms with Crippen LogP contribution in [0.5, 0.6) is 5.75 Å². The third-order valence-electron chi connectivity index (χ3n) is 6.31. The van der Waals surface area contributed by atoms with E-state index >= 15 is 0 Å². The second-order valence-corrected chi connectivity index (χ2v) is 8.31. The van der Waals surface area contributed by atoms with Gasteiger partial charge in [0.05, 0.1) is 19.6 Å². The standard InChI is InChI=1S/C23H31N5O4/c1-31-16-22(30)27-11-4-3-5-19(27)23-25-24-20-10-12-26(13-14-28(20)23)21(29)15-17-6-8-18(32-2)9-7-17/h6-9,19H,3-5,10-16H2,1-2H3. The van der Waals surface area contributed by atoms with E-state index in [-0.39, 0.29) is 24.5 Å². The van der Waals surface area contributed by atoms with Gasteiger partial charge in [0, 0.05) is 39.7 Å². The van der Waals surface area contributed by atoms with Crippen molar-refractivity contribution in [1.29, 1.82) is 0 Å². The Kier molecular flexibility index (Phi) is 7.04. The number of fused-ring (bicyclic) bond motifs is 1. The molecule has 1 aromatic heterocycles. The molecule has 1 fully saturated rings. The van der Waals surface area contributed by atoms with Gasteiger partial charge in [-0.05, 0) is 37.0 Å². The summed E-state index contributed by atoms with van der Waals surface area (Å²) in [6, 6.07) is 7.51. The van der Waals surface area contributed by atoms with Crippen LogP contribution in [0.3, 0.4) is 0 Å². The lowest BCUT2D eigenvalue weighted by Crippen LogP contribution is -2.41. The Morgan fingerprint density at radius 1 is 1.00 bits per heavy atom. The number of ether oxygens (including phenoxy) is 2. The number of aromatic nitrogens is 3. The van der Waals surface area contributed by atoms with Crippen LogP contribution in [0.1, 0.15) is 42.5 Å². The Morgan fingerprint density at radius 3 is 2.56 bits per heavy atom. The van der Waals surface area contributed by atoms with Crippen LogP contribution < -0.4 is 4.74 Å². The Morgan fingerprint density at radius 2 is 1.81 bits per heavy atom. The highest BCUT2D eigenvalue weighted by molar-refractivity contribution is 5.79. The third kappa shape index (κ3) is 4.77. The van der Waals surface area contributed by atoms with E-state index < -0.39 is 0 Å². The molecule has 9 heteroatoms. The molecule has 2 aliphatic heterocycles. The van der Waals surface area contributed by atoms with Crippen molar-refractivity contribution < 1.29 is 19.1 Å². The predicted octanol–water partition coefficient (Wildman–Crippen LogP) is 1.61. The number of hydrogen-bond donors (Lipinski definition) is 0. The van der Waals surface area contributed by atoms with E-state index in [0.717, 1.165) is 42.2 Å². The van der Waals surface area contributed by atoms with Gasteiger partial charge in [-0.25, -0.2) is 0 Å². The van der Waals surface area contributed by atoms with Crippen molar-refractivity contribution in [2.75, 3.05) is 40.5 Å². The van der Waals surface area contributed by atoms with Gasteiger partial charge in [0.2, 0.25) is 11.8 Å². The van der Waals surface area contributed by atoms with Crippen molar-refractivity contribution in [3.8, 4) is 5.75 Å². The van der Waals surface area contributed by atoms with Crippen LogP contribution in [0.25, 0.3) is 0 Å². The number of piperidine rings is 1. The predicted molar refractivity (Wildman–Crippen MR) is 117 cm³/mol. The molecule has 2 aliphatic rings. The quantitative estimate of drug-likeness (QED) is 0.677. The molecule has 1 unspecified atom stereocenters. The second kappa shape index (κ2) is 10.1. The molecule has 1 saturated heterocycles. The number of rotatable bonds is 6. The number of carbonyl (C=O) groups is 2. The van der Waals surface area contributed by atoms with Crippen molar-refractivity contribution in [1.82, 2.24) is 24.6 Å². The van der Waals surface area contributed by atoms with Crippen molar-refractivity contribution in [3.05, 3.63) is 41.5 Å². The van der Waals surface area contributed by atoms with Crippen molar-refractivity contribution >= 4 is 11.8 Å². The molecule has 1 aromatic carbocycles. The van der Waals surface area contributed by atoms with Gasteiger partial charge in [0.1, 0.15) is 18.2 Å². The fourth-order valence-electron chi connectivity index (χ4n) is 4.58. The summed E-state index contributed by atoms with van der Waals surface area (Å²) in [5.41, 5.74) is 0.967. The summed E-state index contributed by atoms with van der Waals surface area (Å²) in [5.74, 6) is 2.57. The minimum absolute atomic E-state index is 0.0144. The average Bonchev–Trinajstić information content (AvgIpc) is 3.10. The number of methoxy groups -OCH3 is 2. The number of likely N-dealkylation sites (tertiary alicyclic amines) is 1. The first-order valence-corrected chi connectivity index (χ1v) is 11.2. The highest BCUT2D eigenvalue weighted by Crippen LogP contribution is 2.31. The molecular formula is C23H31N5O4. The zero-order chi connectivity index (χ0) is 22.5. The van der Waals surface area contributed by atoms with E-state index in [0.29, 0.717) is 39.0 Å². The first-order valence-electron chi connectivity index (χ1n) is 11.2. The summed E-state index contributed by atoms with van der Waals surface area (Å²) in [6.07, 6.45) is 3.92. The molecule has 4 rings (SSSR count). The molecule has 0 bridgehead atoms. The summed E-state index contributed by atoms with van der Waals surface area (Å²) < 4.78 is 12.4. The number of nitrogens with zero attached hydrogens (tertiary/aromatic N) is 5. The Hall–Kier alpha value is -2.94. The lowest BCUT2D eigenvalue weighted by Gasteiger charge is -2.35. The fourth-order valence-corrected chi connectivity index (χ4v) is 4.58.